The molecule has 0 radical (unpaired) electrons. The van der Waals surface area contributed by atoms with E-state index in [4.69, 9.17) is 4.74 Å². The first-order valence-electron chi connectivity index (χ1n) is 10.6. The smallest absolute Gasteiger partial charge is 0.324 e. The summed E-state index contributed by atoms with van der Waals surface area (Å²) in [5, 5.41) is 2.23. The second kappa shape index (κ2) is 9.97. The van der Waals surface area contributed by atoms with Gasteiger partial charge < -0.3 is 9.64 Å². The molecule has 1 saturated heterocycles. The molecule has 1 aliphatic carbocycles. The van der Waals surface area contributed by atoms with Gasteiger partial charge in [-0.1, -0.05) is 18.2 Å². The number of hydrogen-bond acceptors (Lipinski definition) is 5. The predicted molar refractivity (Wildman–Crippen MR) is 116 cm³/mol. The summed E-state index contributed by atoms with van der Waals surface area (Å²) in [6, 6.07) is 3.83. The quantitative estimate of drug-likeness (QED) is 0.502. The van der Waals surface area contributed by atoms with Crippen LogP contribution in [-0.2, 0) is 20.0 Å². The van der Waals surface area contributed by atoms with E-state index in [9.17, 15) is 26.8 Å². The molecule has 3 rings (SSSR count). The largest absolute Gasteiger partial charge is 0.487 e. The summed E-state index contributed by atoms with van der Waals surface area (Å²) in [4.78, 5) is 24.3. The number of carbonyl (C=O) groups is 2. The molecule has 2 aliphatic rings. The summed E-state index contributed by atoms with van der Waals surface area (Å²) in [6.07, 6.45) is 4.09. The fourth-order valence-corrected chi connectivity index (χ4v) is 5.59. The van der Waals surface area contributed by atoms with Crippen LogP contribution in [0.15, 0.2) is 30.4 Å². The lowest BCUT2D eigenvalue weighted by atomic mass is 9.98. The summed E-state index contributed by atoms with van der Waals surface area (Å²) < 4.78 is 57.5. The van der Waals surface area contributed by atoms with Crippen molar-refractivity contribution in [3.63, 3.8) is 0 Å². The van der Waals surface area contributed by atoms with E-state index in [0.29, 0.717) is 37.9 Å². The van der Waals surface area contributed by atoms with Crippen LogP contribution in [0, 0.1) is 5.82 Å². The minimum Gasteiger partial charge on any atom is -0.487 e. The first-order valence-corrected chi connectivity index (χ1v) is 12.4. The highest BCUT2D eigenvalue weighted by atomic mass is 32.2. The van der Waals surface area contributed by atoms with Crippen LogP contribution in [0.25, 0.3) is 0 Å². The first kappa shape index (κ1) is 24.2. The van der Waals surface area contributed by atoms with E-state index < -0.39 is 33.3 Å². The fraction of sp³-hybridized carbons (Fsp3) is 0.545. The highest BCUT2D eigenvalue weighted by Crippen LogP contribution is 2.50. The molecule has 0 bridgehead atoms. The van der Waals surface area contributed by atoms with Crippen LogP contribution >= 0.6 is 0 Å². The van der Waals surface area contributed by atoms with Gasteiger partial charge in [0, 0.05) is 24.9 Å². The molecule has 10 heteroatoms. The van der Waals surface area contributed by atoms with Gasteiger partial charge in [0.15, 0.2) is 21.4 Å². The Kier molecular flexibility index (Phi) is 7.53. The van der Waals surface area contributed by atoms with Crippen LogP contribution < -0.4 is 10.1 Å². The molecule has 7 nitrogen and oxygen atoms in total. The Balaban J connectivity index is 1.53. The summed E-state index contributed by atoms with van der Waals surface area (Å²) in [5.41, 5.74) is 0.124. The molecule has 1 N–H and O–H groups in total. The maximum absolute atomic E-state index is 14.0. The number of sulfone groups is 1. The van der Waals surface area contributed by atoms with Gasteiger partial charge in [0.1, 0.15) is 12.8 Å². The predicted octanol–water partition coefficient (Wildman–Crippen LogP) is 2.90. The number of urea groups is 1. The molecule has 1 saturated carbocycles. The standard InChI is InChI=1S/C22H28F2N2O5S/c1-16(23)14-31-19-13-17(5-6-18(19)24)22(8-9-22)15-32(29,30)12-4-2-3-10-26-11-7-20(27)25-21(26)28/h2-3,5-6,13,16H,4,7-12,14-15H2,1H3,(H,25,27,28)/b3-2+. The minimum absolute atomic E-state index is 0.0418. The second-order valence-electron chi connectivity index (χ2n) is 8.42. The molecule has 176 valence electrons. The number of rotatable bonds is 11. The zero-order valence-electron chi connectivity index (χ0n) is 18.0. The molecular weight excluding hydrogens is 442 g/mol. The number of allylic oxidation sites excluding steroid dienone is 1. The van der Waals surface area contributed by atoms with Gasteiger partial charge in [-0.2, -0.15) is 0 Å². The van der Waals surface area contributed by atoms with E-state index >= 15 is 0 Å². The van der Waals surface area contributed by atoms with Crippen LogP contribution in [0.1, 0.15) is 38.2 Å². The Labute approximate surface area is 186 Å². The number of halogens is 2. The van der Waals surface area contributed by atoms with Crippen LogP contribution in [0.4, 0.5) is 13.6 Å². The third-order valence-corrected chi connectivity index (χ3v) is 7.44. The zero-order valence-corrected chi connectivity index (χ0v) is 18.8. The molecule has 1 heterocycles. The van der Waals surface area contributed by atoms with E-state index in [1.54, 1.807) is 18.2 Å². The van der Waals surface area contributed by atoms with Crippen molar-refractivity contribution in [1.82, 2.24) is 10.2 Å². The van der Waals surface area contributed by atoms with Gasteiger partial charge >= 0.3 is 6.03 Å². The van der Waals surface area contributed by atoms with E-state index in [-0.39, 0.29) is 36.2 Å². The second-order valence-corrected chi connectivity index (χ2v) is 10.6. The highest BCUT2D eigenvalue weighted by Gasteiger charge is 2.47. The summed E-state index contributed by atoms with van der Waals surface area (Å²) in [6.45, 7) is 1.68. The van der Waals surface area contributed by atoms with Gasteiger partial charge in [0.05, 0.1) is 11.5 Å². The lowest BCUT2D eigenvalue weighted by molar-refractivity contribution is -0.121. The average Bonchev–Trinajstić information content (AvgIpc) is 3.48. The SMILES string of the molecule is CC(F)COc1cc(C2(CS(=O)(=O)CC/C=C/CN3CCC(=O)NC3=O)CC2)ccc1F. The zero-order chi connectivity index (χ0) is 23.4. The van der Waals surface area contributed by atoms with Crippen molar-refractivity contribution in [1.29, 1.82) is 0 Å². The topological polar surface area (TPSA) is 92.8 Å². The number of hydrogen-bond donors (Lipinski definition) is 1. The van der Waals surface area contributed by atoms with E-state index in [2.05, 4.69) is 5.32 Å². The summed E-state index contributed by atoms with van der Waals surface area (Å²) in [5.74, 6) is -1.06. The molecule has 32 heavy (non-hydrogen) atoms. The van der Waals surface area contributed by atoms with Crippen molar-refractivity contribution in [2.75, 3.05) is 31.2 Å². The number of nitrogens with one attached hydrogen (secondary N) is 1. The van der Waals surface area contributed by atoms with Crippen molar-refractivity contribution in [2.24, 2.45) is 0 Å². The Morgan fingerprint density at radius 1 is 1.28 bits per heavy atom. The molecule has 0 aromatic heterocycles. The third-order valence-electron chi connectivity index (χ3n) is 5.59. The third kappa shape index (κ3) is 6.51. The van der Waals surface area contributed by atoms with Crippen molar-refractivity contribution in [3.05, 3.63) is 41.7 Å². The van der Waals surface area contributed by atoms with E-state index in [1.807, 2.05) is 0 Å². The molecule has 1 aromatic carbocycles. The summed E-state index contributed by atoms with van der Waals surface area (Å²) in [7, 11) is -3.38. The first-order chi connectivity index (χ1) is 15.1. The lowest BCUT2D eigenvalue weighted by Gasteiger charge is -2.25. The van der Waals surface area contributed by atoms with Gasteiger partial charge in [0.25, 0.3) is 0 Å². The number of alkyl halides is 1. The van der Waals surface area contributed by atoms with Crippen LogP contribution in [-0.4, -0.2) is 62.6 Å². The molecule has 3 amide bonds. The number of benzene rings is 1. The number of imide groups is 1. The van der Waals surface area contributed by atoms with E-state index in [1.165, 1.54) is 24.0 Å². The van der Waals surface area contributed by atoms with Gasteiger partial charge in [0.2, 0.25) is 5.91 Å². The monoisotopic (exact) mass is 470 g/mol. The number of ether oxygens (including phenoxy) is 1. The molecule has 1 aromatic rings. The molecule has 1 atom stereocenters. The van der Waals surface area contributed by atoms with Crippen molar-refractivity contribution < 1.29 is 31.5 Å². The number of nitrogens with zero attached hydrogens (tertiary/aromatic N) is 1. The van der Waals surface area contributed by atoms with Crippen LogP contribution in [0.5, 0.6) is 5.75 Å². The maximum Gasteiger partial charge on any atom is 0.324 e. The van der Waals surface area contributed by atoms with Crippen LogP contribution in [0.2, 0.25) is 0 Å². The van der Waals surface area contributed by atoms with Crippen LogP contribution in [0.3, 0.4) is 0 Å². The minimum atomic E-state index is -3.38. The van der Waals surface area contributed by atoms with Gasteiger partial charge in [-0.25, -0.2) is 22.0 Å². The van der Waals surface area contributed by atoms with Gasteiger partial charge in [-0.15, -0.1) is 0 Å². The van der Waals surface area contributed by atoms with E-state index in [0.717, 1.165) is 0 Å². The Morgan fingerprint density at radius 2 is 2.03 bits per heavy atom. The molecule has 2 fully saturated rings. The normalized spacial score (nSPS) is 19.2. The van der Waals surface area contributed by atoms with Gasteiger partial charge in [-0.05, 0) is 43.9 Å². The molecular formula is C22H28F2N2O5S. The lowest BCUT2D eigenvalue weighted by Crippen LogP contribution is -2.49. The molecule has 1 unspecified atom stereocenters. The highest BCUT2D eigenvalue weighted by molar-refractivity contribution is 7.91. The molecule has 1 aliphatic heterocycles. The molecule has 0 spiro atoms. The fourth-order valence-electron chi connectivity index (χ4n) is 3.65. The maximum atomic E-state index is 14.0. The van der Waals surface area contributed by atoms with Crippen molar-refractivity contribution in [2.45, 2.75) is 44.2 Å². The van der Waals surface area contributed by atoms with Crippen molar-refractivity contribution >= 4 is 21.8 Å². The Bertz CT molecular complexity index is 990. The Hall–Kier alpha value is -2.49. The Morgan fingerprint density at radius 3 is 2.69 bits per heavy atom. The number of amides is 3. The number of carbonyl (C=O) groups excluding carboxylic acids is 2. The van der Waals surface area contributed by atoms with Gasteiger partial charge in [-0.3, -0.25) is 10.1 Å². The average molecular weight is 471 g/mol. The summed E-state index contributed by atoms with van der Waals surface area (Å²) >= 11 is 0. The van der Waals surface area contributed by atoms with Crippen molar-refractivity contribution in [3.8, 4) is 5.75 Å².